The molecule has 0 aliphatic rings. The molecule has 70 valence electrons. The summed E-state index contributed by atoms with van der Waals surface area (Å²) in [4.78, 5) is 14.4. The van der Waals surface area contributed by atoms with E-state index in [0.29, 0.717) is 9.50 Å². The van der Waals surface area contributed by atoms with Crippen LogP contribution in [0.5, 0.6) is 5.88 Å². The van der Waals surface area contributed by atoms with Crippen molar-refractivity contribution in [3.05, 3.63) is 20.7 Å². The SMILES string of the molecule is CC(=O)Oc1nc(Cl)cc(Cl)c1Br. The molecule has 3 nitrogen and oxygen atoms in total. The highest BCUT2D eigenvalue weighted by atomic mass is 79.9. The summed E-state index contributed by atoms with van der Waals surface area (Å²) in [5.74, 6) is -0.406. The molecule has 0 spiro atoms. The van der Waals surface area contributed by atoms with Gasteiger partial charge in [0, 0.05) is 6.92 Å². The average molecular weight is 285 g/mol. The summed E-state index contributed by atoms with van der Waals surface area (Å²) in [7, 11) is 0. The third kappa shape index (κ3) is 2.83. The predicted octanol–water partition coefficient (Wildman–Crippen LogP) is 3.08. The quantitative estimate of drug-likeness (QED) is 0.588. The molecule has 0 aliphatic heterocycles. The van der Waals surface area contributed by atoms with Crippen LogP contribution in [0.15, 0.2) is 10.5 Å². The molecule has 6 heteroatoms. The fourth-order valence-corrected chi connectivity index (χ4v) is 1.36. The van der Waals surface area contributed by atoms with Gasteiger partial charge in [-0.1, -0.05) is 23.2 Å². The first-order valence-corrected chi connectivity index (χ1v) is 4.75. The minimum absolute atomic E-state index is 0.0741. The molecular weight excluding hydrogens is 281 g/mol. The summed E-state index contributed by atoms with van der Waals surface area (Å²) in [6, 6.07) is 1.44. The summed E-state index contributed by atoms with van der Waals surface area (Å²) in [6.45, 7) is 1.27. The van der Waals surface area contributed by atoms with Crippen LogP contribution in [-0.4, -0.2) is 11.0 Å². The molecule has 0 atom stereocenters. The van der Waals surface area contributed by atoms with E-state index in [1.807, 2.05) is 0 Å². The molecule has 1 rings (SSSR count). The van der Waals surface area contributed by atoms with Gasteiger partial charge >= 0.3 is 5.97 Å². The van der Waals surface area contributed by atoms with E-state index in [9.17, 15) is 4.79 Å². The minimum Gasteiger partial charge on any atom is -0.406 e. The zero-order valence-electron chi connectivity index (χ0n) is 6.47. The first kappa shape index (κ1) is 10.8. The lowest BCUT2D eigenvalue weighted by molar-refractivity contribution is -0.132. The van der Waals surface area contributed by atoms with Crippen molar-refractivity contribution in [1.29, 1.82) is 0 Å². The second kappa shape index (κ2) is 4.26. The van der Waals surface area contributed by atoms with Crippen LogP contribution >= 0.6 is 39.1 Å². The van der Waals surface area contributed by atoms with E-state index in [1.54, 1.807) is 0 Å². The number of esters is 1. The standard InChI is InChI=1S/C7H4BrCl2NO2/c1-3(12)13-7-6(8)4(9)2-5(10)11-7/h2H,1H3. The molecule has 1 aromatic heterocycles. The number of hydrogen-bond acceptors (Lipinski definition) is 3. The van der Waals surface area contributed by atoms with Crippen LogP contribution in [0.2, 0.25) is 10.2 Å². The number of ether oxygens (including phenoxy) is 1. The Morgan fingerprint density at radius 1 is 1.62 bits per heavy atom. The molecule has 0 unspecified atom stereocenters. The fourth-order valence-electron chi connectivity index (χ4n) is 0.652. The number of carbonyl (C=O) groups excluding carboxylic acids is 1. The van der Waals surface area contributed by atoms with Gasteiger partial charge < -0.3 is 4.74 Å². The zero-order valence-corrected chi connectivity index (χ0v) is 9.57. The van der Waals surface area contributed by atoms with E-state index in [1.165, 1.54) is 13.0 Å². The second-order valence-electron chi connectivity index (χ2n) is 2.14. The lowest BCUT2D eigenvalue weighted by Gasteiger charge is -2.04. The molecule has 13 heavy (non-hydrogen) atoms. The Bertz CT molecular complexity index is 357. The average Bonchev–Trinajstić information content (AvgIpc) is 1.98. The number of rotatable bonds is 1. The molecule has 0 aromatic carbocycles. The highest BCUT2D eigenvalue weighted by molar-refractivity contribution is 9.10. The van der Waals surface area contributed by atoms with Crippen molar-refractivity contribution in [3.63, 3.8) is 0 Å². The number of pyridine rings is 1. The summed E-state index contributed by atoms with van der Waals surface area (Å²) >= 11 is 14.5. The van der Waals surface area contributed by atoms with Gasteiger partial charge in [-0.25, -0.2) is 4.98 Å². The zero-order chi connectivity index (χ0) is 10.0. The minimum atomic E-state index is -0.480. The highest BCUT2D eigenvalue weighted by Gasteiger charge is 2.11. The molecule has 0 saturated heterocycles. The smallest absolute Gasteiger partial charge is 0.309 e. The van der Waals surface area contributed by atoms with Crippen molar-refractivity contribution < 1.29 is 9.53 Å². The first-order valence-electron chi connectivity index (χ1n) is 3.20. The maximum absolute atomic E-state index is 10.6. The molecule has 0 saturated carbocycles. The maximum atomic E-state index is 10.6. The summed E-state index contributed by atoms with van der Waals surface area (Å²) in [6.07, 6.45) is 0. The van der Waals surface area contributed by atoms with Crippen molar-refractivity contribution in [2.75, 3.05) is 0 Å². The molecule has 0 fully saturated rings. The van der Waals surface area contributed by atoms with Gasteiger partial charge in [0.1, 0.15) is 5.15 Å². The molecule has 0 bridgehead atoms. The van der Waals surface area contributed by atoms with Crippen LogP contribution in [0, 0.1) is 0 Å². The number of halogens is 3. The van der Waals surface area contributed by atoms with Gasteiger partial charge in [0.25, 0.3) is 0 Å². The molecule has 0 N–H and O–H groups in total. The van der Waals surface area contributed by atoms with Gasteiger partial charge in [-0.2, -0.15) is 0 Å². The fraction of sp³-hybridized carbons (Fsp3) is 0.143. The second-order valence-corrected chi connectivity index (χ2v) is 3.73. The van der Waals surface area contributed by atoms with Crippen LogP contribution in [0.25, 0.3) is 0 Å². The van der Waals surface area contributed by atoms with Crippen molar-refractivity contribution in [2.24, 2.45) is 0 Å². The van der Waals surface area contributed by atoms with E-state index in [0.717, 1.165) is 0 Å². The van der Waals surface area contributed by atoms with Gasteiger partial charge in [0.2, 0.25) is 5.88 Å². The Labute approximate surface area is 93.1 Å². The number of hydrogen-bond donors (Lipinski definition) is 0. The molecular formula is C7H4BrCl2NO2. The number of nitrogens with zero attached hydrogens (tertiary/aromatic N) is 1. The normalized spacial score (nSPS) is 9.85. The largest absolute Gasteiger partial charge is 0.406 e. The Balaban J connectivity index is 3.12. The Morgan fingerprint density at radius 3 is 2.77 bits per heavy atom. The maximum Gasteiger partial charge on any atom is 0.309 e. The van der Waals surface area contributed by atoms with Gasteiger partial charge in [0.05, 0.1) is 9.50 Å². The first-order chi connectivity index (χ1) is 6.00. The topological polar surface area (TPSA) is 39.2 Å². The Hall–Kier alpha value is -0.320. The third-order valence-electron chi connectivity index (χ3n) is 1.09. The van der Waals surface area contributed by atoms with Crippen molar-refractivity contribution in [3.8, 4) is 5.88 Å². The summed E-state index contributed by atoms with van der Waals surface area (Å²) < 4.78 is 5.15. The lowest BCUT2D eigenvalue weighted by Crippen LogP contribution is -2.03. The molecule has 0 aliphatic carbocycles. The van der Waals surface area contributed by atoms with E-state index >= 15 is 0 Å². The molecule has 1 heterocycles. The summed E-state index contributed by atoms with van der Waals surface area (Å²) in [5.41, 5.74) is 0. The van der Waals surface area contributed by atoms with Gasteiger partial charge in [-0.15, -0.1) is 0 Å². The van der Waals surface area contributed by atoms with E-state index < -0.39 is 5.97 Å². The lowest BCUT2D eigenvalue weighted by atomic mass is 10.5. The van der Waals surface area contributed by atoms with Crippen LogP contribution in [-0.2, 0) is 4.79 Å². The van der Waals surface area contributed by atoms with E-state index in [2.05, 4.69) is 20.9 Å². The van der Waals surface area contributed by atoms with Gasteiger partial charge in [-0.3, -0.25) is 4.79 Å². The number of carbonyl (C=O) groups is 1. The predicted molar refractivity (Wildman–Crippen MR) is 53.3 cm³/mol. The van der Waals surface area contributed by atoms with Crippen molar-refractivity contribution in [1.82, 2.24) is 4.98 Å². The van der Waals surface area contributed by atoms with Crippen LogP contribution in [0.4, 0.5) is 0 Å². The van der Waals surface area contributed by atoms with Gasteiger partial charge in [-0.05, 0) is 22.0 Å². The van der Waals surface area contributed by atoms with Crippen LogP contribution in [0.3, 0.4) is 0 Å². The molecule has 0 radical (unpaired) electrons. The third-order valence-corrected chi connectivity index (χ3v) is 2.58. The van der Waals surface area contributed by atoms with Crippen LogP contribution < -0.4 is 4.74 Å². The van der Waals surface area contributed by atoms with Crippen molar-refractivity contribution in [2.45, 2.75) is 6.92 Å². The molecule has 1 aromatic rings. The number of aromatic nitrogens is 1. The van der Waals surface area contributed by atoms with Crippen molar-refractivity contribution >= 4 is 45.1 Å². The molecule has 0 amide bonds. The monoisotopic (exact) mass is 283 g/mol. The van der Waals surface area contributed by atoms with Crippen LogP contribution in [0.1, 0.15) is 6.92 Å². The van der Waals surface area contributed by atoms with E-state index in [4.69, 9.17) is 27.9 Å². The Morgan fingerprint density at radius 2 is 2.23 bits per heavy atom. The van der Waals surface area contributed by atoms with E-state index in [-0.39, 0.29) is 11.0 Å². The highest BCUT2D eigenvalue weighted by Crippen LogP contribution is 2.32. The van der Waals surface area contributed by atoms with Gasteiger partial charge in [0.15, 0.2) is 0 Å². The Kier molecular flexibility index (Phi) is 3.53. The summed E-state index contributed by atoms with van der Waals surface area (Å²) in [5, 5.41) is 0.515.